The average molecular weight is 548 g/mol. The molecule has 1 aliphatic heterocycles. The summed E-state index contributed by atoms with van der Waals surface area (Å²) in [4.78, 5) is 27.7. The number of nitrogens with one attached hydrogen (secondary N) is 1. The number of carbonyl (C=O) groups is 2. The number of sulfonamides is 1. The first-order valence-corrected chi connectivity index (χ1v) is 14.6. The van der Waals surface area contributed by atoms with Crippen LogP contribution in [0.15, 0.2) is 42.5 Å². The van der Waals surface area contributed by atoms with Gasteiger partial charge < -0.3 is 24.4 Å². The van der Waals surface area contributed by atoms with E-state index in [1.165, 1.54) is 9.21 Å². The summed E-state index contributed by atoms with van der Waals surface area (Å²) >= 11 is 0. The van der Waals surface area contributed by atoms with Gasteiger partial charge in [-0.1, -0.05) is 25.5 Å². The summed E-state index contributed by atoms with van der Waals surface area (Å²) in [7, 11) is -2.04. The number of methoxy groups -OCH3 is 1. The van der Waals surface area contributed by atoms with Crippen LogP contribution < -0.4 is 23.8 Å². The van der Waals surface area contributed by atoms with Gasteiger partial charge in [-0.2, -0.15) is 0 Å². The van der Waals surface area contributed by atoms with Gasteiger partial charge in [0.1, 0.15) is 11.8 Å². The highest BCUT2D eigenvalue weighted by Crippen LogP contribution is 2.36. The number of ether oxygens (including phenoxy) is 3. The lowest BCUT2D eigenvalue weighted by Crippen LogP contribution is -2.47. The van der Waals surface area contributed by atoms with Crippen LogP contribution in [0.4, 0.5) is 5.69 Å². The molecule has 2 aromatic rings. The summed E-state index contributed by atoms with van der Waals surface area (Å²) in [6.45, 7) is 4.71. The topological polar surface area (TPSA) is 114 Å². The van der Waals surface area contributed by atoms with Gasteiger partial charge in [-0.15, -0.1) is 0 Å². The molecule has 0 spiro atoms. The van der Waals surface area contributed by atoms with Gasteiger partial charge in [0.25, 0.3) is 0 Å². The molecule has 2 aromatic carbocycles. The van der Waals surface area contributed by atoms with E-state index >= 15 is 0 Å². The number of benzene rings is 2. The maximum Gasteiger partial charge on any atom is 0.242 e. The Morgan fingerprint density at radius 2 is 1.79 bits per heavy atom. The first-order valence-electron chi connectivity index (χ1n) is 12.7. The van der Waals surface area contributed by atoms with E-state index < -0.39 is 16.1 Å². The van der Waals surface area contributed by atoms with Crippen molar-refractivity contribution >= 4 is 27.5 Å². The van der Waals surface area contributed by atoms with Crippen molar-refractivity contribution in [3.63, 3.8) is 0 Å². The Labute approximate surface area is 224 Å². The predicted octanol–water partition coefficient (Wildman–Crippen LogP) is 3.30. The van der Waals surface area contributed by atoms with E-state index in [0.29, 0.717) is 29.5 Å². The van der Waals surface area contributed by atoms with Crippen LogP contribution >= 0.6 is 0 Å². The number of anilines is 1. The summed E-state index contributed by atoms with van der Waals surface area (Å²) < 4.78 is 42.3. The van der Waals surface area contributed by atoms with E-state index in [1.54, 1.807) is 44.4 Å². The molecule has 3 rings (SSSR count). The smallest absolute Gasteiger partial charge is 0.242 e. The predicted molar refractivity (Wildman–Crippen MR) is 145 cm³/mol. The average Bonchev–Trinajstić information content (AvgIpc) is 3.37. The summed E-state index contributed by atoms with van der Waals surface area (Å²) in [5.74, 6) is 1.26. The second-order valence-electron chi connectivity index (χ2n) is 9.17. The fourth-order valence-electron chi connectivity index (χ4n) is 4.09. The molecule has 2 amide bonds. The molecule has 0 aromatic heterocycles. The second kappa shape index (κ2) is 13.4. The van der Waals surface area contributed by atoms with Crippen LogP contribution in [0, 0.1) is 0 Å². The Hall–Kier alpha value is -3.47. The first-order chi connectivity index (χ1) is 18.1. The summed E-state index contributed by atoms with van der Waals surface area (Å²) in [5, 5.41) is 2.90. The molecule has 0 saturated heterocycles. The lowest BCUT2D eigenvalue weighted by atomic mass is 10.1. The van der Waals surface area contributed by atoms with Crippen LogP contribution in [-0.2, 0) is 26.2 Å². The Bertz CT molecular complexity index is 1200. The third-order valence-corrected chi connectivity index (χ3v) is 7.50. The molecule has 1 aliphatic rings. The van der Waals surface area contributed by atoms with Crippen molar-refractivity contribution in [1.29, 1.82) is 0 Å². The molecule has 0 fully saturated rings. The van der Waals surface area contributed by atoms with Crippen molar-refractivity contribution in [3.8, 4) is 17.2 Å². The minimum atomic E-state index is -3.62. The van der Waals surface area contributed by atoms with E-state index in [4.69, 9.17) is 14.2 Å². The second-order valence-corrected chi connectivity index (χ2v) is 11.1. The van der Waals surface area contributed by atoms with Crippen molar-refractivity contribution in [3.05, 3.63) is 48.0 Å². The number of amides is 2. The van der Waals surface area contributed by atoms with E-state index in [-0.39, 0.29) is 44.5 Å². The summed E-state index contributed by atoms with van der Waals surface area (Å²) in [5.41, 5.74) is 1.29. The van der Waals surface area contributed by atoms with Crippen molar-refractivity contribution in [2.75, 3.05) is 37.6 Å². The van der Waals surface area contributed by atoms with Crippen molar-refractivity contribution in [2.45, 2.75) is 52.1 Å². The number of rotatable bonds is 14. The Morgan fingerprint density at radius 1 is 1.08 bits per heavy atom. The molecule has 1 heterocycles. The Balaban J connectivity index is 1.71. The van der Waals surface area contributed by atoms with Gasteiger partial charge >= 0.3 is 0 Å². The zero-order valence-corrected chi connectivity index (χ0v) is 23.3. The van der Waals surface area contributed by atoms with Gasteiger partial charge in [-0.05, 0) is 49.6 Å². The molecule has 0 saturated carbocycles. The SMILES string of the molecule is CCCCNC(=O)[C@H](C)N(Cc1ccc(OC)cc1)C(=O)CCCN(c1ccc2c(c1)OCO2)S(C)(=O)=O. The first kappa shape index (κ1) is 29.1. The molecular weight excluding hydrogens is 510 g/mol. The number of nitrogens with zero attached hydrogens (tertiary/aromatic N) is 2. The Morgan fingerprint density at radius 3 is 2.45 bits per heavy atom. The number of carbonyl (C=O) groups excluding carboxylic acids is 2. The molecule has 1 N–H and O–H groups in total. The fraction of sp³-hybridized carbons (Fsp3) is 0.481. The molecule has 1 atom stereocenters. The molecule has 208 valence electrons. The van der Waals surface area contributed by atoms with Crippen LogP contribution in [0.2, 0.25) is 0 Å². The lowest BCUT2D eigenvalue weighted by Gasteiger charge is -2.29. The highest BCUT2D eigenvalue weighted by molar-refractivity contribution is 7.92. The molecule has 0 radical (unpaired) electrons. The van der Waals surface area contributed by atoms with Crippen molar-refractivity contribution in [1.82, 2.24) is 10.2 Å². The molecule has 0 bridgehead atoms. The lowest BCUT2D eigenvalue weighted by molar-refractivity contribution is -0.140. The number of fused-ring (bicyclic) bond motifs is 1. The van der Waals surface area contributed by atoms with E-state index in [2.05, 4.69) is 5.32 Å². The standard InChI is InChI=1S/C27H37N3O7S/c1-5-6-15-28-27(32)20(2)29(18-21-9-12-23(35-3)13-10-21)26(31)8-7-16-30(38(4,33)34)22-11-14-24-25(17-22)37-19-36-24/h9-14,17,20H,5-8,15-16,18-19H2,1-4H3,(H,28,32)/t20-/m0/s1. The monoisotopic (exact) mass is 547 g/mol. The summed E-state index contributed by atoms with van der Waals surface area (Å²) in [6.07, 6.45) is 3.26. The quantitative estimate of drug-likeness (QED) is 0.361. The third-order valence-electron chi connectivity index (χ3n) is 6.31. The van der Waals surface area contributed by atoms with E-state index in [0.717, 1.165) is 24.7 Å². The zero-order chi connectivity index (χ0) is 27.7. The maximum atomic E-state index is 13.4. The highest BCUT2D eigenvalue weighted by Gasteiger charge is 2.27. The van der Waals surface area contributed by atoms with Crippen molar-refractivity contribution < 1.29 is 32.2 Å². The van der Waals surface area contributed by atoms with Gasteiger partial charge in [0, 0.05) is 32.1 Å². The zero-order valence-electron chi connectivity index (χ0n) is 22.4. The molecule has 38 heavy (non-hydrogen) atoms. The van der Waals surface area contributed by atoms with Gasteiger partial charge in [0.05, 0.1) is 19.1 Å². The molecule has 0 aliphatic carbocycles. The van der Waals surface area contributed by atoms with Crippen LogP contribution in [0.25, 0.3) is 0 Å². The van der Waals surface area contributed by atoms with Gasteiger partial charge in [0.15, 0.2) is 11.5 Å². The van der Waals surface area contributed by atoms with Gasteiger partial charge in [0.2, 0.25) is 28.6 Å². The minimum Gasteiger partial charge on any atom is -0.497 e. The maximum absolute atomic E-state index is 13.4. The number of hydrogen-bond donors (Lipinski definition) is 1. The summed E-state index contributed by atoms with van der Waals surface area (Å²) in [6, 6.07) is 11.5. The van der Waals surface area contributed by atoms with Crippen LogP contribution in [0.5, 0.6) is 17.2 Å². The van der Waals surface area contributed by atoms with E-state index in [1.807, 2.05) is 19.1 Å². The highest BCUT2D eigenvalue weighted by atomic mass is 32.2. The fourth-order valence-corrected chi connectivity index (χ4v) is 5.05. The van der Waals surface area contributed by atoms with Crippen molar-refractivity contribution in [2.24, 2.45) is 0 Å². The number of unbranched alkanes of at least 4 members (excludes halogenated alkanes) is 1. The molecular formula is C27H37N3O7S. The normalized spacial score (nSPS) is 13.1. The van der Waals surface area contributed by atoms with E-state index in [9.17, 15) is 18.0 Å². The third kappa shape index (κ3) is 7.77. The molecule has 10 nitrogen and oxygen atoms in total. The van der Waals surface area contributed by atoms with Gasteiger partial charge in [-0.3, -0.25) is 13.9 Å². The largest absolute Gasteiger partial charge is 0.497 e. The number of hydrogen-bond acceptors (Lipinski definition) is 7. The van der Waals surface area contributed by atoms with Crippen LogP contribution in [-0.4, -0.2) is 64.4 Å². The molecule has 11 heteroatoms. The van der Waals surface area contributed by atoms with Crippen LogP contribution in [0.1, 0.15) is 45.1 Å². The van der Waals surface area contributed by atoms with Crippen LogP contribution in [0.3, 0.4) is 0 Å². The Kier molecular flexibility index (Phi) is 10.2. The van der Waals surface area contributed by atoms with Gasteiger partial charge in [-0.25, -0.2) is 8.42 Å². The molecule has 0 unspecified atom stereocenters. The minimum absolute atomic E-state index is 0.0688.